The molecule has 1 N–H and O–H groups in total. The predicted octanol–water partition coefficient (Wildman–Crippen LogP) is 2.68. The number of hydrogen-bond acceptors (Lipinski definition) is 5. The van der Waals surface area contributed by atoms with E-state index in [2.05, 4.69) is 10.2 Å². The van der Waals surface area contributed by atoms with E-state index < -0.39 is 0 Å². The molecule has 25 heavy (non-hydrogen) atoms. The first-order valence-corrected chi connectivity index (χ1v) is 8.02. The number of aryl methyl sites for hydroxylation is 1. The fourth-order valence-electron chi connectivity index (χ4n) is 2.61. The zero-order valence-electron chi connectivity index (χ0n) is 13.9. The van der Waals surface area contributed by atoms with Crippen LogP contribution in [0.25, 0.3) is 11.5 Å². The van der Waals surface area contributed by atoms with Gasteiger partial charge >= 0.3 is 0 Å². The average Bonchev–Trinajstić information content (AvgIpc) is 3.08. The molecule has 3 rings (SSSR count). The van der Waals surface area contributed by atoms with Crippen LogP contribution >= 0.6 is 0 Å². The Labute approximate surface area is 145 Å². The van der Waals surface area contributed by atoms with Crippen LogP contribution in [0.2, 0.25) is 0 Å². The fourth-order valence-corrected chi connectivity index (χ4v) is 2.61. The number of benzene rings is 2. The standard InChI is InChI=1S/C19H19N3O3/c1-14-20-21-18(25-14)16-9-5-6-10-17(16)19(24)22(11-12-23)13-15-7-3-2-4-8-15/h2-10,23H,11-13H2,1H3. The number of nitrogens with zero attached hydrogens (tertiary/aromatic N) is 3. The molecule has 0 spiro atoms. The molecule has 0 saturated carbocycles. The smallest absolute Gasteiger partial charge is 0.255 e. The van der Waals surface area contributed by atoms with E-state index in [0.717, 1.165) is 5.56 Å². The van der Waals surface area contributed by atoms with E-state index in [-0.39, 0.29) is 19.1 Å². The summed E-state index contributed by atoms with van der Waals surface area (Å²) in [6, 6.07) is 16.8. The van der Waals surface area contributed by atoms with Gasteiger partial charge < -0.3 is 14.4 Å². The minimum atomic E-state index is -0.190. The molecule has 0 bridgehead atoms. The Morgan fingerprint density at radius 2 is 1.80 bits per heavy atom. The predicted molar refractivity (Wildman–Crippen MR) is 92.7 cm³/mol. The molecular formula is C19H19N3O3. The molecule has 0 unspecified atom stereocenters. The van der Waals surface area contributed by atoms with Crippen molar-refractivity contribution >= 4 is 5.91 Å². The Morgan fingerprint density at radius 3 is 2.48 bits per heavy atom. The second-order valence-corrected chi connectivity index (χ2v) is 5.61. The molecule has 128 valence electrons. The first kappa shape index (κ1) is 16.9. The molecule has 1 heterocycles. The molecule has 0 aliphatic heterocycles. The van der Waals surface area contributed by atoms with E-state index in [4.69, 9.17) is 4.42 Å². The molecule has 1 amide bonds. The van der Waals surface area contributed by atoms with E-state index in [1.807, 2.05) is 36.4 Å². The highest BCUT2D eigenvalue weighted by Gasteiger charge is 2.21. The van der Waals surface area contributed by atoms with Crippen LogP contribution in [0.4, 0.5) is 0 Å². The van der Waals surface area contributed by atoms with Crippen LogP contribution < -0.4 is 0 Å². The summed E-state index contributed by atoms with van der Waals surface area (Å²) in [5.41, 5.74) is 2.05. The Morgan fingerprint density at radius 1 is 1.08 bits per heavy atom. The maximum Gasteiger partial charge on any atom is 0.255 e. The van der Waals surface area contributed by atoms with Gasteiger partial charge in [-0.3, -0.25) is 4.79 Å². The second-order valence-electron chi connectivity index (χ2n) is 5.61. The second kappa shape index (κ2) is 7.72. The lowest BCUT2D eigenvalue weighted by Crippen LogP contribution is -2.33. The molecular weight excluding hydrogens is 318 g/mol. The van der Waals surface area contributed by atoms with Gasteiger partial charge in [0.05, 0.1) is 17.7 Å². The van der Waals surface area contributed by atoms with Crippen LogP contribution in [-0.2, 0) is 6.54 Å². The van der Waals surface area contributed by atoms with Crippen molar-refractivity contribution in [3.05, 3.63) is 71.6 Å². The average molecular weight is 337 g/mol. The Kier molecular flexibility index (Phi) is 5.20. The summed E-state index contributed by atoms with van der Waals surface area (Å²) in [4.78, 5) is 14.7. The van der Waals surface area contributed by atoms with Crippen LogP contribution in [0, 0.1) is 6.92 Å². The maximum atomic E-state index is 13.1. The number of rotatable bonds is 6. The summed E-state index contributed by atoms with van der Waals surface area (Å²) in [5, 5.41) is 17.2. The topological polar surface area (TPSA) is 79.5 Å². The van der Waals surface area contributed by atoms with Gasteiger partial charge in [-0.2, -0.15) is 0 Å². The van der Waals surface area contributed by atoms with Gasteiger partial charge in [0.15, 0.2) is 0 Å². The zero-order valence-corrected chi connectivity index (χ0v) is 13.9. The Balaban J connectivity index is 1.92. The Bertz CT molecular complexity index is 846. The molecule has 2 aromatic carbocycles. The van der Waals surface area contributed by atoms with Crippen molar-refractivity contribution in [2.24, 2.45) is 0 Å². The zero-order chi connectivity index (χ0) is 17.6. The molecule has 6 heteroatoms. The van der Waals surface area contributed by atoms with Gasteiger partial charge in [0.2, 0.25) is 11.8 Å². The molecule has 1 aromatic heterocycles. The SMILES string of the molecule is Cc1nnc(-c2ccccc2C(=O)N(CCO)Cc2ccccc2)o1. The van der Waals surface area contributed by atoms with Gasteiger partial charge in [0, 0.05) is 20.0 Å². The highest BCUT2D eigenvalue weighted by molar-refractivity contribution is 5.99. The first-order valence-electron chi connectivity index (χ1n) is 8.02. The number of aliphatic hydroxyl groups is 1. The fraction of sp³-hybridized carbons (Fsp3) is 0.211. The number of carbonyl (C=O) groups excluding carboxylic acids is 1. The van der Waals surface area contributed by atoms with Crippen molar-refractivity contribution in [3.63, 3.8) is 0 Å². The molecule has 0 aliphatic carbocycles. The van der Waals surface area contributed by atoms with Gasteiger partial charge in [0.1, 0.15) is 0 Å². The van der Waals surface area contributed by atoms with E-state index in [1.54, 1.807) is 30.0 Å². The van der Waals surface area contributed by atoms with Gasteiger partial charge in [-0.15, -0.1) is 10.2 Å². The quantitative estimate of drug-likeness (QED) is 0.748. The summed E-state index contributed by atoms with van der Waals surface area (Å²) in [6.07, 6.45) is 0. The van der Waals surface area contributed by atoms with Crippen LogP contribution in [-0.4, -0.2) is 39.3 Å². The van der Waals surface area contributed by atoms with Crippen molar-refractivity contribution in [3.8, 4) is 11.5 Å². The largest absolute Gasteiger partial charge is 0.421 e. The lowest BCUT2D eigenvalue weighted by atomic mass is 10.1. The lowest BCUT2D eigenvalue weighted by Gasteiger charge is -2.22. The van der Waals surface area contributed by atoms with Gasteiger partial charge in [-0.25, -0.2) is 0 Å². The molecule has 0 fully saturated rings. The number of amides is 1. The van der Waals surface area contributed by atoms with Crippen LogP contribution in [0.3, 0.4) is 0 Å². The van der Waals surface area contributed by atoms with E-state index >= 15 is 0 Å². The van der Waals surface area contributed by atoms with Crippen LogP contribution in [0.15, 0.2) is 59.0 Å². The van der Waals surface area contributed by atoms with Crippen LogP contribution in [0.1, 0.15) is 21.8 Å². The number of aromatic nitrogens is 2. The number of hydrogen-bond donors (Lipinski definition) is 1. The minimum Gasteiger partial charge on any atom is -0.421 e. The number of carbonyl (C=O) groups is 1. The van der Waals surface area contributed by atoms with E-state index in [9.17, 15) is 9.90 Å². The third-order valence-corrected chi connectivity index (χ3v) is 3.79. The van der Waals surface area contributed by atoms with Crippen molar-refractivity contribution in [2.45, 2.75) is 13.5 Å². The molecule has 3 aromatic rings. The molecule has 0 aliphatic rings. The summed E-state index contributed by atoms with van der Waals surface area (Å²) in [7, 11) is 0. The van der Waals surface area contributed by atoms with Crippen molar-refractivity contribution in [1.82, 2.24) is 15.1 Å². The van der Waals surface area contributed by atoms with Gasteiger partial charge in [-0.1, -0.05) is 42.5 Å². The Hall–Kier alpha value is -2.99. The molecule has 0 saturated heterocycles. The highest BCUT2D eigenvalue weighted by Crippen LogP contribution is 2.24. The van der Waals surface area contributed by atoms with Crippen molar-refractivity contribution in [1.29, 1.82) is 0 Å². The summed E-state index contributed by atoms with van der Waals surface area (Å²) in [6.45, 7) is 2.25. The monoisotopic (exact) mass is 337 g/mol. The third kappa shape index (κ3) is 3.92. The lowest BCUT2D eigenvalue weighted by molar-refractivity contribution is 0.0708. The summed E-state index contributed by atoms with van der Waals surface area (Å²) in [5.74, 6) is 0.559. The normalized spacial score (nSPS) is 10.6. The first-order chi connectivity index (χ1) is 12.2. The summed E-state index contributed by atoms with van der Waals surface area (Å²) >= 11 is 0. The molecule has 6 nitrogen and oxygen atoms in total. The van der Waals surface area contributed by atoms with Crippen LogP contribution in [0.5, 0.6) is 0 Å². The van der Waals surface area contributed by atoms with Gasteiger partial charge in [0.25, 0.3) is 5.91 Å². The summed E-state index contributed by atoms with van der Waals surface area (Å²) < 4.78 is 5.48. The molecule has 0 atom stereocenters. The van der Waals surface area contributed by atoms with Crippen molar-refractivity contribution in [2.75, 3.05) is 13.2 Å². The van der Waals surface area contributed by atoms with Crippen molar-refractivity contribution < 1.29 is 14.3 Å². The maximum absolute atomic E-state index is 13.1. The third-order valence-electron chi connectivity index (χ3n) is 3.79. The minimum absolute atomic E-state index is 0.111. The highest BCUT2D eigenvalue weighted by atomic mass is 16.4. The number of aliphatic hydroxyl groups excluding tert-OH is 1. The van der Waals surface area contributed by atoms with E-state index in [0.29, 0.717) is 29.5 Å². The molecule has 0 radical (unpaired) electrons. The van der Waals surface area contributed by atoms with E-state index in [1.165, 1.54) is 0 Å². The van der Waals surface area contributed by atoms with Gasteiger partial charge in [-0.05, 0) is 17.7 Å².